The van der Waals surface area contributed by atoms with E-state index in [2.05, 4.69) is 12.2 Å². The first-order chi connectivity index (χ1) is 8.11. The normalized spacial score (nSPS) is 24.0. The number of hydrogen-bond acceptors (Lipinski definition) is 1. The summed E-state index contributed by atoms with van der Waals surface area (Å²) in [4.78, 5) is 0. The zero-order valence-corrected chi connectivity index (χ0v) is 9.77. The first-order valence-corrected chi connectivity index (χ1v) is 6.03. The van der Waals surface area contributed by atoms with Gasteiger partial charge in [0, 0.05) is 18.2 Å². The summed E-state index contributed by atoms with van der Waals surface area (Å²) in [5.74, 6) is -2.40. The Bertz CT molecular complexity index is 406. The van der Waals surface area contributed by atoms with Crippen LogP contribution in [0.1, 0.15) is 32.6 Å². The summed E-state index contributed by atoms with van der Waals surface area (Å²) in [5.41, 5.74) is 0.0641. The van der Waals surface area contributed by atoms with E-state index in [0.29, 0.717) is 12.0 Å². The molecule has 0 radical (unpaired) electrons. The number of hydrogen-bond donors (Lipinski definition) is 1. The van der Waals surface area contributed by atoms with Gasteiger partial charge in [0.05, 0.1) is 5.69 Å². The minimum Gasteiger partial charge on any atom is -0.380 e. The molecule has 1 aromatic rings. The summed E-state index contributed by atoms with van der Waals surface area (Å²) < 4.78 is 39.2. The van der Waals surface area contributed by atoms with Crippen molar-refractivity contribution in [1.29, 1.82) is 0 Å². The first-order valence-electron chi connectivity index (χ1n) is 6.03. The zero-order chi connectivity index (χ0) is 12.4. The smallest absolute Gasteiger partial charge is 0.161 e. The first kappa shape index (κ1) is 12.3. The Morgan fingerprint density at radius 2 is 1.82 bits per heavy atom. The molecule has 0 aromatic heterocycles. The van der Waals surface area contributed by atoms with Crippen LogP contribution in [0, 0.1) is 23.4 Å². The average Bonchev–Trinajstić information content (AvgIpc) is 2.73. The van der Waals surface area contributed by atoms with E-state index in [1.54, 1.807) is 0 Å². The van der Waals surface area contributed by atoms with Crippen LogP contribution in [0.25, 0.3) is 0 Å². The van der Waals surface area contributed by atoms with E-state index < -0.39 is 17.5 Å². The maximum atomic E-state index is 13.4. The van der Waals surface area contributed by atoms with Crippen LogP contribution in [-0.2, 0) is 0 Å². The van der Waals surface area contributed by atoms with Gasteiger partial charge in [0.25, 0.3) is 0 Å². The van der Waals surface area contributed by atoms with Crippen molar-refractivity contribution < 1.29 is 13.2 Å². The molecule has 17 heavy (non-hydrogen) atoms. The van der Waals surface area contributed by atoms with Gasteiger partial charge in [0.2, 0.25) is 0 Å². The van der Waals surface area contributed by atoms with Gasteiger partial charge in [0.15, 0.2) is 11.6 Å². The van der Waals surface area contributed by atoms with Crippen LogP contribution in [0.4, 0.5) is 18.9 Å². The van der Waals surface area contributed by atoms with Gasteiger partial charge in [-0.15, -0.1) is 0 Å². The maximum Gasteiger partial charge on any atom is 0.161 e. The predicted molar refractivity (Wildman–Crippen MR) is 61.4 cm³/mol. The second kappa shape index (κ2) is 4.98. The van der Waals surface area contributed by atoms with Crippen LogP contribution >= 0.6 is 0 Å². The van der Waals surface area contributed by atoms with Crippen LogP contribution in [0.2, 0.25) is 0 Å². The van der Waals surface area contributed by atoms with E-state index in [0.717, 1.165) is 31.7 Å². The lowest BCUT2D eigenvalue weighted by molar-refractivity contribution is 0.479. The molecule has 2 unspecified atom stereocenters. The Kier molecular flexibility index (Phi) is 3.60. The number of benzene rings is 1. The second-order valence-electron chi connectivity index (χ2n) is 4.60. The summed E-state index contributed by atoms with van der Waals surface area (Å²) >= 11 is 0. The summed E-state index contributed by atoms with van der Waals surface area (Å²) in [6, 6.07) is 1.66. The van der Waals surface area contributed by atoms with Crippen molar-refractivity contribution in [2.45, 2.75) is 38.6 Å². The van der Waals surface area contributed by atoms with Gasteiger partial charge >= 0.3 is 0 Å². The van der Waals surface area contributed by atoms with Gasteiger partial charge in [-0.3, -0.25) is 0 Å². The van der Waals surface area contributed by atoms with Crippen molar-refractivity contribution in [3.63, 3.8) is 0 Å². The lowest BCUT2D eigenvalue weighted by Crippen LogP contribution is -2.24. The van der Waals surface area contributed by atoms with Gasteiger partial charge in [-0.25, -0.2) is 13.2 Å². The van der Waals surface area contributed by atoms with Gasteiger partial charge in [-0.05, 0) is 18.8 Å². The molecule has 1 nitrogen and oxygen atoms in total. The van der Waals surface area contributed by atoms with Crippen LogP contribution in [0.15, 0.2) is 12.1 Å². The number of nitrogens with one attached hydrogen (secondary N) is 1. The van der Waals surface area contributed by atoms with Crippen molar-refractivity contribution in [1.82, 2.24) is 0 Å². The lowest BCUT2D eigenvalue weighted by Gasteiger charge is -2.21. The zero-order valence-electron chi connectivity index (χ0n) is 9.77. The molecule has 0 spiro atoms. The highest BCUT2D eigenvalue weighted by Gasteiger charge is 2.26. The molecule has 1 N–H and O–H groups in total. The quantitative estimate of drug-likeness (QED) is 0.788. The Hall–Kier alpha value is -1.19. The van der Waals surface area contributed by atoms with E-state index in [1.807, 2.05) is 0 Å². The molecule has 0 bridgehead atoms. The van der Waals surface area contributed by atoms with E-state index >= 15 is 0 Å². The minimum absolute atomic E-state index is 0.0641. The lowest BCUT2D eigenvalue weighted by atomic mass is 10.0. The van der Waals surface area contributed by atoms with E-state index in [9.17, 15) is 13.2 Å². The minimum atomic E-state index is -1.15. The molecular formula is C13H16F3N. The van der Waals surface area contributed by atoms with Crippen molar-refractivity contribution in [2.24, 2.45) is 5.92 Å². The molecule has 0 aliphatic heterocycles. The van der Waals surface area contributed by atoms with Crippen molar-refractivity contribution in [3.8, 4) is 0 Å². The highest BCUT2D eigenvalue weighted by Crippen LogP contribution is 2.31. The molecule has 2 rings (SSSR count). The molecule has 0 amide bonds. The predicted octanol–water partition coefficient (Wildman–Crippen LogP) is 4.09. The summed E-state index contributed by atoms with van der Waals surface area (Å²) in [5, 5.41) is 3.00. The monoisotopic (exact) mass is 243 g/mol. The Labute approximate surface area is 99.0 Å². The molecule has 1 fully saturated rings. The Morgan fingerprint density at radius 3 is 2.53 bits per heavy atom. The fourth-order valence-electron chi connectivity index (χ4n) is 2.55. The topological polar surface area (TPSA) is 12.0 Å². The van der Waals surface area contributed by atoms with E-state index in [-0.39, 0.29) is 11.7 Å². The summed E-state index contributed by atoms with van der Waals surface area (Å²) in [6.07, 6.45) is 4.18. The van der Waals surface area contributed by atoms with Crippen molar-refractivity contribution in [3.05, 3.63) is 29.6 Å². The molecule has 1 aliphatic rings. The number of rotatable bonds is 3. The van der Waals surface area contributed by atoms with Crippen molar-refractivity contribution in [2.75, 3.05) is 5.32 Å². The number of halogens is 3. The third-order valence-corrected chi connectivity index (χ3v) is 3.53. The third kappa shape index (κ3) is 2.56. The fourth-order valence-corrected chi connectivity index (χ4v) is 2.55. The van der Waals surface area contributed by atoms with E-state index in [4.69, 9.17) is 0 Å². The molecular weight excluding hydrogens is 227 g/mol. The van der Waals surface area contributed by atoms with Crippen molar-refractivity contribution >= 4 is 5.69 Å². The molecule has 1 aromatic carbocycles. The molecule has 4 heteroatoms. The SMILES string of the molecule is CCC1CCCC1Nc1cc(F)c(F)cc1F. The fraction of sp³-hybridized carbons (Fsp3) is 0.538. The average molecular weight is 243 g/mol. The second-order valence-corrected chi connectivity index (χ2v) is 4.60. The van der Waals surface area contributed by atoms with Gasteiger partial charge in [-0.1, -0.05) is 19.8 Å². The number of anilines is 1. The third-order valence-electron chi connectivity index (χ3n) is 3.53. The Balaban J connectivity index is 2.15. The molecule has 0 saturated heterocycles. The molecule has 1 aliphatic carbocycles. The molecule has 2 atom stereocenters. The largest absolute Gasteiger partial charge is 0.380 e. The van der Waals surface area contributed by atoms with Gasteiger partial charge in [0.1, 0.15) is 5.82 Å². The summed E-state index contributed by atoms with van der Waals surface area (Å²) in [7, 11) is 0. The van der Waals surface area contributed by atoms with E-state index in [1.165, 1.54) is 0 Å². The molecule has 1 saturated carbocycles. The van der Waals surface area contributed by atoms with Gasteiger partial charge < -0.3 is 5.32 Å². The Morgan fingerprint density at radius 1 is 1.12 bits per heavy atom. The molecule has 94 valence electrons. The summed E-state index contributed by atoms with van der Waals surface area (Å²) in [6.45, 7) is 2.09. The molecule has 0 heterocycles. The maximum absolute atomic E-state index is 13.4. The standard InChI is InChI=1S/C13H16F3N/c1-2-8-4-3-5-12(8)17-13-7-10(15)9(14)6-11(13)16/h6-8,12,17H,2-5H2,1H3. The van der Waals surface area contributed by atoms with Crippen LogP contribution in [-0.4, -0.2) is 6.04 Å². The highest BCUT2D eigenvalue weighted by atomic mass is 19.2. The van der Waals surface area contributed by atoms with Gasteiger partial charge in [-0.2, -0.15) is 0 Å². The van der Waals surface area contributed by atoms with Crippen LogP contribution < -0.4 is 5.32 Å². The highest BCUT2D eigenvalue weighted by molar-refractivity contribution is 5.46. The van der Waals surface area contributed by atoms with Crippen LogP contribution in [0.5, 0.6) is 0 Å². The van der Waals surface area contributed by atoms with Crippen LogP contribution in [0.3, 0.4) is 0 Å².